The zero-order valence-corrected chi connectivity index (χ0v) is 10.1. The summed E-state index contributed by atoms with van der Waals surface area (Å²) in [6, 6.07) is 1.48. The smallest absolute Gasteiger partial charge is 0.326 e. The van der Waals surface area contributed by atoms with Gasteiger partial charge < -0.3 is 20.6 Å². The van der Waals surface area contributed by atoms with Gasteiger partial charge in [-0.25, -0.2) is 4.79 Å². The number of carboxylic acids is 1. The lowest BCUT2D eigenvalue weighted by atomic mass is 10.2. The first kappa shape index (κ1) is 13.2. The predicted octanol–water partition coefficient (Wildman–Crippen LogP) is 0.100. The van der Waals surface area contributed by atoms with Crippen LogP contribution in [0, 0.1) is 0 Å². The van der Waals surface area contributed by atoms with Crippen molar-refractivity contribution in [3.63, 3.8) is 0 Å². The van der Waals surface area contributed by atoms with Crippen LogP contribution in [-0.4, -0.2) is 28.9 Å². The van der Waals surface area contributed by atoms with Crippen molar-refractivity contribution < 1.29 is 23.9 Å². The third-order valence-corrected chi connectivity index (χ3v) is 2.23. The molecule has 2 amide bonds. The number of halogens is 1. The number of nitrogens with one attached hydrogen (secondary N) is 1. The lowest BCUT2D eigenvalue weighted by Gasteiger charge is -2.11. The summed E-state index contributed by atoms with van der Waals surface area (Å²) >= 11 is 3.00. The molecule has 1 rings (SSSR count). The molecule has 17 heavy (non-hydrogen) atoms. The molecule has 1 atom stereocenters. The number of primary amides is 1. The Morgan fingerprint density at radius 3 is 2.53 bits per heavy atom. The van der Waals surface area contributed by atoms with Crippen molar-refractivity contribution in [1.29, 1.82) is 0 Å². The molecule has 0 fully saturated rings. The van der Waals surface area contributed by atoms with Crippen molar-refractivity contribution in [1.82, 2.24) is 5.32 Å². The Labute approximate surface area is 104 Å². The number of carbonyl (C=O) groups excluding carboxylic acids is 2. The molecule has 8 heteroatoms. The third-order valence-electron chi connectivity index (χ3n) is 1.81. The summed E-state index contributed by atoms with van der Waals surface area (Å²) < 4.78 is 5.26. The van der Waals surface area contributed by atoms with Crippen molar-refractivity contribution in [3.05, 3.63) is 22.6 Å². The van der Waals surface area contributed by atoms with Crippen LogP contribution in [-0.2, 0) is 9.59 Å². The normalized spacial score (nSPS) is 11.8. The number of hydrogen-bond acceptors (Lipinski definition) is 4. The van der Waals surface area contributed by atoms with Crippen molar-refractivity contribution in [2.24, 2.45) is 5.73 Å². The molecular weight excluding hydrogens is 296 g/mol. The monoisotopic (exact) mass is 304 g/mol. The lowest BCUT2D eigenvalue weighted by Crippen LogP contribution is -2.43. The van der Waals surface area contributed by atoms with Gasteiger partial charge in [-0.05, 0) is 28.1 Å². The number of hydrogen-bond donors (Lipinski definition) is 3. The van der Waals surface area contributed by atoms with E-state index < -0.39 is 30.2 Å². The molecule has 0 saturated carbocycles. The molecule has 0 radical (unpaired) electrons. The number of furan rings is 1. The molecule has 0 aliphatic heterocycles. The molecule has 0 saturated heterocycles. The predicted molar refractivity (Wildman–Crippen MR) is 59.1 cm³/mol. The molecule has 0 unspecified atom stereocenters. The number of amides is 2. The van der Waals surface area contributed by atoms with Gasteiger partial charge in [-0.1, -0.05) is 0 Å². The lowest BCUT2D eigenvalue weighted by molar-refractivity contribution is -0.140. The first-order valence-corrected chi connectivity index (χ1v) is 5.26. The molecule has 0 aliphatic rings. The van der Waals surface area contributed by atoms with Crippen LogP contribution in [0.25, 0.3) is 0 Å². The highest BCUT2D eigenvalue weighted by Gasteiger charge is 2.23. The van der Waals surface area contributed by atoms with E-state index in [1.807, 2.05) is 0 Å². The van der Waals surface area contributed by atoms with Crippen molar-refractivity contribution in [3.8, 4) is 0 Å². The molecule has 0 spiro atoms. The minimum absolute atomic E-state index is 0.0624. The molecule has 1 aromatic heterocycles. The first-order valence-electron chi connectivity index (χ1n) is 4.47. The summed E-state index contributed by atoms with van der Waals surface area (Å²) in [4.78, 5) is 32.9. The van der Waals surface area contributed by atoms with Gasteiger partial charge in [0, 0.05) is 0 Å². The van der Waals surface area contributed by atoms with Gasteiger partial charge in [0.15, 0.2) is 10.4 Å². The average molecular weight is 305 g/mol. The van der Waals surface area contributed by atoms with E-state index in [4.69, 9.17) is 15.3 Å². The van der Waals surface area contributed by atoms with Gasteiger partial charge in [-0.15, -0.1) is 0 Å². The third kappa shape index (κ3) is 3.91. The van der Waals surface area contributed by atoms with Gasteiger partial charge in [0.25, 0.3) is 5.91 Å². The summed E-state index contributed by atoms with van der Waals surface area (Å²) in [6.07, 6.45) is -0.483. The molecule has 1 aromatic rings. The van der Waals surface area contributed by atoms with Gasteiger partial charge in [-0.3, -0.25) is 9.59 Å². The number of carboxylic acid groups (broad SMARTS) is 1. The molecule has 0 bridgehead atoms. The van der Waals surface area contributed by atoms with Crippen molar-refractivity contribution in [2.75, 3.05) is 0 Å². The van der Waals surface area contributed by atoms with Crippen molar-refractivity contribution in [2.45, 2.75) is 12.5 Å². The fourth-order valence-corrected chi connectivity index (χ4v) is 1.37. The van der Waals surface area contributed by atoms with E-state index in [0.29, 0.717) is 4.67 Å². The maximum atomic E-state index is 11.5. The molecule has 1 heterocycles. The maximum absolute atomic E-state index is 11.5. The van der Waals surface area contributed by atoms with E-state index in [2.05, 4.69) is 21.2 Å². The highest BCUT2D eigenvalue weighted by molar-refractivity contribution is 9.10. The highest BCUT2D eigenvalue weighted by Crippen LogP contribution is 2.14. The fraction of sp³-hybridized carbons (Fsp3) is 0.222. The van der Waals surface area contributed by atoms with Gasteiger partial charge >= 0.3 is 5.97 Å². The van der Waals surface area contributed by atoms with E-state index in [1.54, 1.807) is 0 Å². The van der Waals surface area contributed by atoms with Crippen LogP contribution in [0.2, 0.25) is 0 Å². The molecular formula is C9H9BrN2O5. The summed E-state index contributed by atoms with van der Waals surface area (Å²) in [5.41, 5.74) is 4.87. The van der Waals surface area contributed by atoms with Gasteiger partial charge in [-0.2, -0.15) is 0 Å². The summed E-state index contributed by atoms with van der Waals surface area (Å²) in [5, 5.41) is 10.9. The number of aliphatic carboxylic acids is 1. The Balaban J connectivity index is 2.70. The Morgan fingerprint density at radius 1 is 1.47 bits per heavy atom. The van der Waals surface area contributed by atoms with E-state index >= 15 is 0 Å². The Hall–Kier alpha value is -1.83. The van der Waals surface area contributed by atoms with Crippen LogP contribution >= 0.6 is 15.9 Å². The van der Waals surface area contributed by atoms with Gasteiger partial charge in [0.05, 0.1) is 6.42 Å². The first-order chi connectivity index (χ1) is 7.90. The van der Waals surface area contributed by atoms with E-state index in [1.165, 1.54) is 12.1 Å². The quantitative estimate of drug-likeness (QED) is 0.712. The summed E-state index contributed by atoms with van der Waals surface area (Å²) in [6.45, 7) is 0. The Bertz CT molecular complexity index is 456. The summed E-state index contributed by atoms with van der Waals surface area (Å²) in [7, 11) is 0. The van der Waals surface area contributed by atoms with Crippen LogP contribution in [0.1, 0.15) is 17.0 Å². The Morgan fingerprint density at radius 2 is 2.12 bits per heavy atom. The van der Waals surface area contributed by atoms with E-state index in [-0.39, 0.29) is 5.76 Å². The molecule has 0 aromatic carbocycles. The van der Waals surface area contributed by atoms with Crippen LogP contribution in [0.3, 0.4) is 0 Å². The largest absolute Gasteiger partial charge is 0.480 e. The van der Waals surface area contributed by atoms with Crippen LogP contribution in [0.15, 0.2) is 21.2 Å². The SMILES string of the molecule is NC(=O)C[C@@H](NC(=O)c1ccc(Br)o1)C(=O)O. The van der Waals surface area contributed by atoms with Crippen LogP contribution in [0.4, 0.5) is 0 Å². The standard InChI is InChI=1S/C9H9BrN2O5/c10-6-2-1-5(17-6)8(14)12-4(9(15)16)3-7(11)13/h1-2,4H,3H2,(H2,11,13)(H,12,14)(H,15,16)/t4-/m1/s1. The number of carbonyl (C=O) groups is 3. The topological polar surface area (TPSA) is 123 Å². The van der Waals surface area contributed by atoms with Crippen molar-refractivity contribution >= 4 is 33.7 Å². The second-order valence-corrected chi connectivity index (χ2v) is 3.92. The van der Waals surface area contributed by atoms with Gasteiger partial charge in [0.1, 0.15) is 6.04 Å². The Kier molecular flexibility index (Phi) is 4.27. The molecule has 7 nitrogen and oxygen atoms in total. The average Bonchev–Trinajstić information content (AvgIpc) is 2.63. The molecule has 4 N–H and O–H groups in total. The minimum Gasteiger partial charge on any atom is -0.480 e. The zero-order chi connectivity index (χ0) is 13.0. The second kappa shape index (κ2) is 5.48. The zero-order valence-electron chi connectivity index (χ0n) is 8.47. The second-order valence-electron chi connectivity index (χ2n) is 3.14. The maximum Gasteiger partial charge on any atom is 0.326 e. The molecule has 92 valence electrons. The molecule has 0 aliphatic carbocycles. The highest BCUT2D eigenvalue weighted by atomic mass is 79.9. The van der Waals surface area contributed by atoms with E-state index in [9.17, 15) is 14.4 Å². The van der Waals surface area contributed by atoms with Gasteiger partial charge in [0.2, 0.25) is 5.91 Å². The number of rotatable bonds is 5. The number of nitrogens with two attached hydrogens (primary N) is 1. The fourth-order valence-electron chi connectivity index (χ4n) is 1.07. The van der Waals surface area contributed by atoms with Crippen LogP contribution < -0.4 is 11.1 Å². The minimum atomic E-state index is -1.37. The van der Waals surface area contributed by atoms with Crippen LogP contribution in [0.5, 0.6) is 0 Å². The summed E-state index contributed by atoms with van der Waals surface area (Å²) in [5.74, 6) is -2.96. The van der Waals surface area contributed by atoms with E-state index in [0.717, 1.165) is 0 Å².